The Labute approximate surface area is 229 Å². The number of hydrogen-bond donors (Lipinski definition) is 1. The molecule has 0 amide bonds. The number of benzene rings is 1. The van der Waals surface area contributed by atoms with E-state index in [1.165, 1.54) is 44.9 Å². The van der Waals surface area contributed by atoms with E-state index in [-0.39, 0.29) is 37.6 Å². The first-order valence-electron chi connectivity index (χ1n) is 13.1. The topological polar surface area (TPSA) is 107 Å². The van der Waals surface area contributed by atoms with Crippen LogP contribution in [0.1, 0.15) is 74.2 Å². The maximum absolute atomic E-state index is 11.6. The molecule has 0 unspecified atom stereocenters. The van der Waals surface area contributed by atoms with Gasteiger partial charge in [-0.1, -0.05) is 57.9 Å². The van der Waals surface area contributed by atoms with Gasteiger partial charge in [-0.3, -0.25) is 0 Å². The van der Waals surface area contributed by atoms with Gasteiger partial charge < -0.3 is 38.7 Å². The molecule has 0 fully saturated rings. The molecule has 0 spiro atoms. The Morgan fingerprint density at radius 1 is 0.750 bits per heavy atom. The summed E-state index contributed by atoms with van der Waals surface area (Å²) in [4.78, 5) is 11.6. The fourth-order valence-electron chi connectivity index (χ4n) is 3.52. The minimum Gasteiger partial charge on any atom is -0.545 e. The molecule has 1 N–H and O–H groups in total. The van der Waals surface area contributed by atoms with Crippen LogP contribution in [0.4, 0.5) is 0 Å². The summed E-state index contributed by atoms with van der Waals surface area (Å²) in [7, 11) is 0. The standard InChI is InChI=1S/C27H46O8.Li/c1-2-3-4-5-6-7-8-9-10-24-11-12-26(25(23-24)27(29)30)35-22-21-34-20-19-33-18-17-32-16-15-31-14-13-28;/h11-12,23,28H,2-10,13-22H2,1H3,(H,29,30);/q;+1/p-1. The maximum atomic E-state index is 11.6. The van der Waals surface area contributed by atoms with Gasteiger partial charge in [-0.2, -0.15) is 0 Å². The average molecular weight is 505 g/mol. The van der Waals surface area contributed by atoms with Gasteiger partial charge in [0.1, 0.15) is 12.4 Å². The number of aliphatic hydroxyl groups excluding tert-OH is 1. The first-order valence-corrected chi connectivity index (χ1v) is 13.1. The minimum absolute atomic E-state index is 0. The number of aromatic carboxylic acids is 1. The predicted octanol–water partition coefficient (Wildman–Crippen LogP) is 0.175. The van der Waals surface area contributed by atoms with E-state index in [4.69, 9.17) is 28.8 Å². The summed E-state index contributed by atoms with van der Waals surface area (Å²) in [5, 5.41) is 20.1. The maximum Gasteiger partial charge on any atom is 1.00 e. The number of carbonyl (C=O) groups excluding carboxylic acids is 1. The SMILES string of the molecule is CCCCCCCCCCc1ccc(OCCOCCOCCOCCOCCO)c(C(=O)[O-])c1.[Li+]. The molecule has 0 heterocycles. The second-order valence-electron chi connectivity index (χ2n) is 8.36. The van der Waals surface area contributed by atoms with E-state index >= 15 is 0 Å². The van der Waals surface area contributed by atoms with Crippen molar-refractivity contribution in [3.8, 4) is 5.75 Å². The Kier molecular flexibility index (Phi) is 24.7. The van der Waals surface area contributed by atoms with Gasteiger partial charge in [0.25, 0.3) is 0 Å². The van der Waals surface area contributed by atoms with E-state index in [0.717, 1.165) is 18.4 Å². The summed E-state index contributed by atoms with van der Waals surface area (Å²) in [5.74, 6) is -0.918. The first-order chi connectivity index (χ1) is 17.2. The Morgan fingerprint density at radius 2 is 1.25 bits per heavy atom. The zero-order valence-electron chi connectivity index (χ0n) is 22.5. The van der Waals surface area contributed by atoms with Crippen LogP contribution in [0.3, 0.4) is 0 Å². The number of ether oxygens (including phenoxy) is 5. The molecule has 9 heteroatoms. The van der Waals surface area contributed by atoms with Crippen LogP contribution in [0.15, 0.2) is 18.2 Å². The zero-order chi connectivity index (χ0) is 25.4. The van der Waals surface area contributed by atoms with Crippen molar-refractivity contribution in [1.29, 1.82) is 0 Å². The molecule has 202 valence electrons. The van der Waals surface area contributed by atoms with Gasteiger partial charge in [0, 0.05) is 5.56 Å². The molecule has 1 aromatic carbocycles. The number of carboxylic acid groups (broad SMARTS) is 1. The molecule has 0 aromatic heterocycles. The van der Waals surface area contributed by atoms with Crippen LogP contribution in [-0.4, -0.2) is 77.1 Å². The van der Waals surface area contributed by atoms with E-state index < -0.39 is 5.97 Å². The number of aliphatic hydroxyl groups is 1. The van der Waals surface area contributed by atoms with Crippen LogP contribution < -0.4 is 28.7 Å². The van der Waals surface area contributed by atoms with Crippen LogP contribution in [0.5, 0.6) is 5.75 Å². The van der Waals surface area contributed by atoms with Crippen LogP contribution in [-0.2, 0) is 25.4 Å². The summed E-state index contributed by atoms with van der Waals surface area (Å²) in [5.41, 5.74) is 1.09. The smallest absolute Gasteiger partial charge is 0.545 e. The zero-order valence-corrected chi connectivity index (χ0v) is 22.5. The largest absolute Gasteiger partial charge is 1.00 e. The van der Waals surface area contributed by atoms with Crippen molar-refractivity contribution in [3.63, 3.8) is 0 Å². The number of hydrogen-bond acceptors (Lipinski definition) is 8. The van der Waals surface area contributed by atoms with Crippen LogP contribution in [0.2, 0.25) is 0 Å². The van der Waals surface area contributed by atoms with Crippen molar-refractivity contribution < 1.29 is 57.6 Å². The molecule has 0 atom stereocenters. The van der Waals surface area contributed by atoms with Crippen molar-refractivity contribution in [1.82, 2.24) is 0 Å². The van der Waals surface area contributed by atoms with Gasteiger partial charge in [0.2, 0.25) is 0 Å². The Morgan fingerprint density at radius 3 is 1.78 bits per heavy atom. The third-order valence-corrected chi connectivity index (χ3v) is 5.42. The number of aryl methyl sites for hydroxylation is 1. The molecule has 0 saturated heterocycles. The number of carboxylic acids is 1. The van der Waals surface area contributed by atoms with Crippen molar-refractivity contribution in [2.24, 2.45) is 0 Å². The van der Waals surface area contributed by atoms with Gasteiger partial charge in [-0.15, -0.1) is 0 Å². The molecule has 0 saturated carbocycles. The second kappa shape index (κ2) is 25.5. The monoisotopic (exact) mass is 504 g/mol. The third kappa shape index (κ3) is 19.1. The molecule has 1 aromatic rings. The Balaban J connectivity index is 0.0000122. The molecule has 1 rings (SSSR count). The molecule has 0 bridgehead atoms. The van der Waals surface area contributed by atoms with E-state index in [0.29, 0.717) is 58.6 Å². The molecular formula is C27H45LiO8. The summed E-state index contributed by atoms with van der Waals surface area (Å²) in [6.45, 7) is 5.81. The van der Waals surface area contributed by atoms with Gasteiger partial charge in [0.05, 0.1) is 65.4 Å². The van der Waals surface area contributed by atoms with Crippen LogP contribution in [0.25, 0.3) is 0 Å². The van der Waals surface area contributed by atoms with E-state index in [1.807, 2.05) is 6.07 Å². The van der Waals surface area contributed by atoms with E-state index in [1.54, 1.807) is 12.1 Å². The minimum atomic E-state index is -1.23. The molecule has 0 aliphatic rings. The van der Waals surface area contributed by atoms with Crippen LogP contribution in [0, 0.1) is 0 Å². The fraction of sp³-hybridized carbons (Fsp3) is 0.741. The Bertz CT molecular complexity index is 644. The number of unbranched alkanes of at least 4 members (excludes halogenated alkanes) is 7. The van der Waals surface area contributed by atoms with Crippen LogP contribution >= 0.6 is 0 Å². The van der Waals surface area contributed by atoms with Gasteiger partial charge in [0.15, 0.2) is 0 Å². The molecule has 36 heavy (non-hydrogen) atoms. The van der Waals surface area contributed by atoms with Gasteiger partial charge in [-0.25, -0.2) is 0 Å². The molecule has 8 nitrogen and oxygen atoms in total. The summed E-state index contributed by atoms with van der Waals surface area (Å²) in [6.07, 6.45) is 10.8. The second-order valence-corrected chi connectivity index (χ2v) is 8.36. The normalized spacial score (nSPS) is 10.8. The van der Waals surface area contributed by atoms with Crippen molar-refractivity contribution >= 4 is 5.97 Å². The van der Waals surface area contributed by atoms with E-state index in [2.05, 4.69) is 6.92 Å². The summed E-state index contributed by atoms with van der Waals surface area (Å²) < 4.78 is 26.9. The van der Waals surface area contributed by atoms with Crippen molar-refractivity contribution in [2.75, 3.05) is 66.1 Å². The molecule has 0 radical (unpaired) electrons. The third-order valence-electron chi connectivity index (χ3n) is 5.42. The Hall–Kier alpha value is -1.11. The average Bonchev–Trinajstić information content (AvgIpc) is 2.86. The first kappa shape index (κ1) is 34.9. The van der Waals surface area contributed by atoms with Gasteiger partial charge >= 0.3 is 18.9 Å². The fourth-order valence-corrected chi connectivity index (χ4v) is 3.52. The van der Waals surface area contributed by atoms with Gasteiger partial charge in [-0.05, 0) is 30.5 Å². The summed E-state index contributed by atoms with van der Waals surface area (Å²) >= 11 is 0. The number of carbonyl (C=O) groups is 1. The molecule has 0 aliphatic carbocycles. The van der Waals surface area contributed by atoms with Crippen molar-refractivity contribution in [2.45, 2.75) is 64.7 Å². The number of rotatable bonds is 25. The summed E-state index contributed by atoms with van der Waals surface area (Å²) in [6, 6.07) is 5.31. The van der Waals surface area contributed by atoms with Crippen molar-refractivity contribution in [3.05, 3.63) is 29.3 Å². The van der Waals surface area contributed by atoms with E-state index in [9.17, 15) is 9.90 Å². The predicted molar refractivity (Wildman–Crippen MR) is 133 cm³/mol. The quantitative estimate of drug-likeness (QED) is 0.148. The molecular weight excluding hydrogens is 459 g/mol. The molecule has 0 aliphatic heterocycles.